The number of rotatable bonds is 5. The van der Waals surface area contributed by atoms with Gasteiger partial charge in [0, 0.05) is 16.3 Å². The van der Waals surface area contributed by atoms with E-state index in [0.717, 1.165) is 23.2 Å². The van der Waals surface area contributed by atoms with Gasteiger partial charge in [-0.2, -0.15) is 11.8 Å². The number of benzene rings is 1. The quantitative estimate of drug-likeness (QED) is 0.874. The summed E-state index contributed by atoms with van der Waals surface area (Å²) in [6.07, 6.45) is 3.81. The molecule has 0 saturated carbocycles. The van der Waals surface area contributed by atoms with Crippen LogP contribution in [0.1, 0.15) is 25.3 Å². The predicted molar refractivity (Wildman–Crippen MR) is 78.1 cm³/mol. The second-order valence-corrected chi connectivity index (χ2v) is 6.33. The number of nitrogens with one attached hydrogen (secondary N) is 1. The van der Waals surface area contributed by atoms with Crippen molar-refractivity contribution in [3.05, 3.63) is 34.9 Å². The van der Waals surface area contributed by atoms with Gasteiger partial charge in [-0.25, -0.2) is 0 Å². The minimum atomic E-state index is 0.589. The number of hydrogen-bond donors (Lipinski definition) is 1. The SMILES string of the molecule is CCNC(Cc1cccc(Cl)c1)C1CCCS1. The molecule has 1 nitrogen and oxygen atoms in total. The molecular weight excluding hydrogens is 250 g/mol. The van der Waals surface area contributed by atoms with E-state index in [1.54, 1.807) is 0 Å². The molecule has 3 heteroatoms. The van der Waals surface area contributed by atoms with Crippen LogP contribution in [0.15, 0.2) is 24.3 Å². The van der Waals surface area contributed by atoms with Crippen LogP contribution in [0.3, 0.4) is 0 Å². The molecule has 1 aliphatic heterocycles. The molecule has 94 valence electrons. The van der Waals surface area contributed by atoms with Crippen molar-refractivity contribution < 1.29 is 0 Å². The Hall–Kier alpha value is -0.180. The Morgan fingerprint density at radius 2 is 2.41 bits per heavy atom. The van der Waals surface area contributed by atoms with E-state index in [2.05, 4.69) is 36.1 Å². The first kappa shape index (κ1) is 13.3. The molecule has 1 saturated heterocycles. The van der Waals surface area contributed by atoms with Crippen molar-refractivity contribution >= 4 is 23.4 Å². The van der Waals surface area contributed by atoms with Gasteiger partial charge >= 0.3 is 0 Å². The molecule has 2 atom stereocenters. The van der Waals surface area contributed by atoms with Crippen LogP contribution in [0.2, 0.25) is 5.02 Å². The number of thioether (sulfide) groups is 1. The monoisotopic (exact) mass is 269 g/mol. The first-order valence-electron chi connectivity index (χ1n) is 6.39. The molecule has 0 bridgehead atoms. The molecule has 0 amide bonds. The summed E-state index contributed by atoms with van der Waals surface area (Å²) in [5.74, 6) is 1.32. The van der Waals surface area contributed by atoms with Crippen LogP contribution in [0, 0.1) is 0 Å². The molecule has 1 aromatic carbocycles. The van der Waals surface area contributed by atoms with Crippen LogP contribution >= 0.6 is 23.4 Å². The summed E-state index contributed by atoms with van der Waals surface area (Å²) in [4.78, 5) is 0. The van der Waals surface area contributed by atoms with Gasteiger partial charge in [-0.05, 0) is 49.3 Å². The lowest BCUT2D eigenvalue weighted by Gasteiger charge is -2.23. The lowest BCUT2D eigenvalue weighted by molar-refractivity contribution is 0.495. The van der Waals surface area contributed by atoms with Gasteiger partial charge in [-0.1, -0.05) is 30.7 Å². The third-order valence-corrected chi connectivity index (χ3v) is 4.98. The minimum absolute atomic E-state index is 0.589. The summed E-state index contributed by atoms with van der Waals surface area (Å²) >= 11 is 8.16. The van der Waals surface area contributed by atoms with Gasteiger partial charge in [-0.15, -0.1) is 0 Å². The molecule has 0 aromatic heterocycles. The van der Waals surface area contributed by atoms with Crippen molar-refractivity contribution in [2.45, 2.75) is 37.5 Å². The second-order valence-electron chi connectivity index (χ2n) is 4.55. The van der Waals surface area contributed by atoms with Gasteiger partial charge in [0.1, 0.15) is 0 Å². The van der Waals surface area contributed by atoms with Crippen LogP contribution < -0.4 is 5.32 Å². The van der Waals surface area contributed by atoms with E-state index in [1.165, 1.54) is 24.2 Å². The zero-order chi connectivity index (χ0) is 12.1. The molecule has 1 heterocycles. The van der Waals surface area contributed by atoms with Gasteiger partial charge in [0.25, 0.3) is 0 Å². The molecule has 1 aromatic rings. The summed E-state index contributed by atoms with van der Waals surface area (Å²) in [6, 6.07) is 8.84. The Balaban J connectivity index is 2.01. The smallest absolute Gasteiger partial charge is 0.0408 e. The molecule has 17 heavy (non-hydrogen) atoms. The first-order chi connectivity index (χ1) is 8.29. The Labute approximate surface area is 113 Å². The molecule has 1 fully saturated rings. The lowest BCUT2D eigenvalue weighted by Crippen LogP contribution is -2.38. The average Bonchev–Trinajstić information content (AvgIpc) is 2.82. The third kappa shape index (κ3) is 3.90. The lowest BCUT2D eigenvalue weighted by atomic mass is 10.0. The molecular formula is C14H20ClNS. The molecule has 2 unspecified atom stereocenters. The highest BCUT2D eigenvalue weighted by atomic mass is 35.5. The highest BCUT2D eigenvalue weighted by Crippen LogP contribution is 2.30. The molecule has 0 spiro atoms. The predicted octanol–water partition coefficient (Wildman–Crippen LogP) is 3.76. The minimum Gasteiger partial charge on any atom is -0.313 e. The van der Waals surface area contributed by atoms with Gasteiger partial charge in [0.05, 0.1) is 0 Å². The maximum absolute atomic E-state index is 6.04. The highest BCUT2D eigenvalue weighted by molar-refractivity contribution is 8.00. The Bertz CT molecular complexity index is 350. The van der Waals surface area contributed by atoms with E-state index in [9.17, 15) is 0 Å². The summed E-state index contributed by atoms with van der Waals surface area (Å²) in [6.45, 7) is 3.23. The fourth-order valence-electron chi connectivity index (χ4n) is 2.44. The number of likely N-dealkylation sites (N-methyl/N-ethyl adjacent to an activating group) is 1. The van der Waals surface area contributed by atoms with Gasteiger partial charge in [0.2, 0.25) is 0 Å². The van der Waals surface area contributed by atoms with Crippen molar-refractivity contribution in [1.82, 2.24) is 5.32 Å². The summed E-state index contributed by atoms with van der Waals surface area (Å²) in [5.41, 5.74) is 1.34. The van der Waals surface area contributed by atoms with Gasteiger partial charge in [-0.3, -0.25) is 0 Å². The molecule has 0 aliphatic carbocycles. The van der Waals surface area contributed by atoms with E-state index >= 15 is 0 Å². The fourth-order valence-corrected chi connectivity index (χ4v) is 4.04. The van der Waals surface area contributed by atoms with Crippen molar-refractivity contribution in [1.29, 1.82) is 0 Å². The van der Waals surface area contributed by atoms with Crippen molar-refractivity contribution in [2.75, 3.05) is 12.3 Å². The summed E-state index contributed by atoms with van der Waals surface area (Å²) in [7, 11) is 0. The van der Waals surface area contributed by atoms with E-state index in [1.807, 2.05) is 12.1 Å². The van der Waals surface area contributed by atoms with Crippen LogP contribution in [0.5, 0.6) is 0 Å². The zero-order valence-electron chi connectivity index (χ0n) is 10.3. The maximum atomic E-state index is 6.04. The Kier molecular flexibility index (Phi) is 5.20. The Morgan fingerprint density at radius 3 is 3.06 bits per heavy atom. The summed E-state index contributed by atoms with van der Waals surface area (Å²) < 4.78 is 0. The third-order valence-electron chi connectivity index (χ3n) is 3.22. The molecule has 0 radical (unpaired) electrons. The number of hydrogen-bond acceptors (Lipinski definition) is 2. The fraction of sp³-hybridized carbons (Fsp3) is 0.571. The standard InChI is InChI=1S/C14H20ClNS/c1-2-16-13(14-7-4-8-17-14)10-11-5-3-6-12(15)9-11/h3,5-6,9,13-14,16H,2,4,7-8,10H2,1H3. The molecule has 1 aliphatic rings. The second kappa shape index (κ2) is 6.67. The highest BCUT2D eigenvalue weighted by Gasteiger charge is 2.24. The van der Waals surface area contributed by atoms with Crippen LogP contribution in [-0.4, -0.2) is 23.6 Å². The average molecular weight is 270 g/mol. The molecule has 1 N–H and O–H groups in total. The van der Waals surface area contributed by atoms with Crippen molar-refractivity contribution in [3.8, 4) is 0 Å². The largest absolute Gasteiger partial charge is 0.313 e. The first-order valence-corrected chi connectivity index (χ1v) is 7.81. The van der Waals surface area contributed by atoms with Crippen molar-refractivity contribution in [2.24, 2.45) is 0 Å². The molecule has 2 rings (SSSR count). The topological polar surface area (TPSA) is 12.0 Å². The van der Waals surface area contributed by atoms with Crippen LogP contribution in [0.4, 0.5) is 0 Å². The van der Waals surface area contributed by atoms with E-state index in [4.69, 9.17) is 11.6 Å². The van der Waals surface area contributed by atoms with Crippen LogP contribution in [-0.2, 0) is 6.42 Å². The summed E-state index contributed by atoms with van der Waals surface area (Å²) in [5, 5.41) is 5.25. The number of halogens is 1. The van der Waals surface area contributed by atoms with E-state index < -0.39 is 0 Å². The van der Waals surface area contributed by atoms with Crippen molar-refractivity contribution in [3.63, 3.8) is 0 Å². The normalized spacial score (nSPS) is 21.6. The zero-order valence-corrected chi connectivity index (χ0v) is 11.9. The van der Waals surface area contributed by atoms with Crippen LogP contribution in [0.25, 0.3) is 0 Å². The van der Waals surface area contributed by atoms with Gasteiger partial charge < -0.3 is 5.32 Å². The van der Waals surface area contributed by atoms with Gasteiger partial charge in [0.15, 0.2) is 0 Å². The van der Waals surface area contributed by atoms with E-state index in [-0.39, 0.29) is 0 Å². The Morgan fingerprint density at radius 1 is 1.53 bits per heavy atom. The van der Waals surface area contributed by atoms with E-state index in [0.29, 0.717) is 6.04 Å². The maximum Gasteiger partial charge on any atom is 0.0408 e.